The van der Waals surface area contributed by atoms with Gasteiger partial charge in [0.2, 0.25) is 0 Å². The molecular formula is C11H12IN3O. The van der Waals surface area contributed by atoms with Crippen molar-refractivity contribution in [2.24, 2.45) is 0 Å². The average Bonchev–Trinajstić information content (AvgIpc) is 2.68. The number of hydrogen-bond donors (Lipinski definition) is 1. The van der Waals surface area contributed by atoms with Gasteiger partial charge in [-0.25, -0.2) is 4.98 Å². The molecule has 0 amide bonds. The second-order valence-electron chi connectivity index (χ2n) is 3.49. The molecule has 4 nitrogen and oxygen atoms in total. The van der Waals surface area contributed by atoms with Crippen molar-refractivity contribution in [1.29, 1.82) is 0 Å². The lowest BCUT2D eigenvalue weighted by molar-refractivity contribution is 0.217. The predicted molar refractivity (Wildman–Crippen MR) is 69.3 cm³/mol. The number of hydrogen-bond acceptors (Lipinski definition) is 3. The molecule has 0 fully saturated rings. The van der Waals surface area contributed by atoms with Crippen LogP contribution in [0, 0.1) is 10.5 Å². The van der Waals surface area contributed by atoms with E-state index in [1.807, 2.05) is 38.1 Å². The monoisotopic (exact) mass is 329 g/mol. The zero-order chi connectivity index (χ0) is 11.5. The molecule has 1 atom stereocenters. The molecule has 0 spiro atoms. The number of rotatable bonds is 3. The Morgan fingerprint density at radius 3 is 2.56 bits per heavy atom. The molecule has 84 valence electrons. The summed E-state index contributed by atoms with van der Waals surface area (Å²) in [4.78, 5) is 4.23. The highest BCUT2D eigenvalue weighted by Gasteiger charge is 2.11. The van der Waals surface area contributed by atoms with E-state index in [1.165, 1.54) is 3.57 Å². The first kappa shape index (κ1) is 11.4. The third kappa shape index (κ3) is 2.72. The van der Waals surface area contributed by atoms with Crippen LogP contribution >= 0.6 is 22.6 Å². The lowest BCUT2D eigenvalue weighted by Gasteiger charge is -2.11. The molecule has 0 saturated heterocycles. The molecule has 1 unspecified atom stereocenters. The zero-order valence-electron chi connectivity index (χ0n) is 9.07. The maximum absolute atomic E-state index is 5.72. The normalized spacial score (nSPS) is 12.4. The zero-order valence-corrected chi connectivity index (χ0v) is 11.2. The van der Waals surface area contributed by atoms with Gasteiger partial charge in [-0.3, -0.25) is 5.10 Å². The van der Waals surface area contributed by atoms with Crippen molar-refractivity contribution in [3.05, 3.63) is 39.5 Å². The minimum absolute atomic E-state index is 0.148. The van der Waals surface area contributed by atoms with E-state index >= 15 is 0 Å². The van der Waals surface area contributed by atoms with Crippen LogP contribution < -0.4 is 4.74 Å². The van der Waals surface area contributed by atoms with Crippen LogP contribution in [0.3, 0.4) is 0 Å². The third-order valence-corrected chi connectivity index (χ3v) is 2.82. The Morgan fingerprint density at radius 2 is 2.00 bits per heavy atom. The molecule has 0 aliphatic heterocycles. The maximum atomic E-state index is 5.72. The number of nitrogens with one attached hydrogen (secondary N) is 1. The van der Waals surface area contributed by atoms with Crippen molar-refractivity contribution < 1.29 is 4.74 Å². The van der Waals surface area contributed by atoms with Crippen molar-refractivity contribution >= 4 is 22.6 Å². The molecular weight excluding hydrogens is 317 g/mol. The number of nitrogens with zero attached hydrogens (tertiary/aromatic N) is 2. The molecule has 0 saturated carbocycles. The SMILES string of the molecule is Cc1nc(C(C)Oc2ccc(I)cc2)n[nH]1. The van der Waals surface area contributed by atoms with E-state index in [-0.39, 0.29) is 6.10 Å². The minimum atomic E-state index is -0.148. The van der Waals surface area contributed by atoms with Gasteiger partial charge in [0.1, 0.15) is 11.6 Å². The van der Waals surface area contributed by atoms with E-state index in [9.17, 15) is 0 Å². The molecule has 1 aromatic heterocycles. The molecule has 1 aromatic carbocycles. The van der Waals surface area contributed by atoms with Crippen LogP contribution in [0.15, 0.2) is 24.3 Å². The van der Waals surface area contributed by atoms with Gasteiger partial charge >= 0.3 is 0 Å². The summed E-state index contributed by atoms with van der Waals surface area (Å²) in [5.41, 5.74) is 0. The van der Waals surface area contributed by atoms with Gasteiger partial charge in [-0.1, -0.05) is 0 Å². The molecule has 2 aromatic rings. The Labute approximate surface area is 108 Å². The molecule has 0 aliphatic rings. The summed E-state index contributed by atoms with van der Waals surface area (Å²) in [6, 6.07) is 7.90. The molecule has 1 N–H and O–H groups in total. The van der Waals surface area contributed by atoms with E-state index in [1.54, 1.807) is 0 Å². The average molecular weight is 329 g/mol. The summed E-state index contributed by atoms with van der Waals surface area (Å²) in [6.45, 7) is 3.80. The first-order chi connectivity index (χ1) is 7.65. The highest BCUT2D eigenvalue weighted by molar-refractivity contribution is 14.1. The number of aromatic amines is 1. The van der Waals surface area contributed by atoms with Gasteiger partial charge in [-0.2, -0.15) is 5.10 Å². The fourth-order valence-corrected chi connectivity index (χ4v) is 1.67. The van der Waals surface area contributed by atoms with Gasteiger partial charge in [-0.05, 0) is 60.7 Å². The Kier molecular flexibility index (Phi) is 3.42. The van der Waals surface area contributed by atoms with Crippen molar-refractivity contribution in [3.8, 4) is 5.75 Å². The van der Waals surface area contributed by atoms with E-state index < -0.39 is 0 Å². The van der Waals surface area contributed by atoms with Crippen LogP contribution in [0.25, 0.3) is 0 Å². The lowest BCUT2D eigenvalue weighted by atomic mass is 10.3. The van der Waals surface area contributed by atoms with Crippen molar-refractivity contribution in [3.63, 3.8) is 0 Å². The number of aryl methyl sites for hydroxylation is 1. The lowest BCUT2D eigenvalue weighted by Crippen LogP contribution is -2.05. The van der Waals surface area contributed by atoms with Gasteiger partial charge < -0.3 is 4.74 Å². The number of ether oxygens (including phenoxy) is 1. The van der Waals surface area contributed by atoms with Gasteiger partial charge in [0, 0.05) is 3.57 Å². The summed E-state index contributed by atoms with van der Waals surface area (Å²) >= 11 is 2.26. The summed E-state index contributed by atoms with van der Waals surface area (Å²) in [6.07, 6.45) is -0.148. The molecule has 16 heavy (non-hydrogen) atoms. The molecule has 2 rings (SSSR count). The number of benzene rings is 1. The highest BCUT2D eigenvalue weighted by Crippen LogP contribution is 2.20. The van der Waals surface area contributed by atoms with E-state index in [0.29, 0.717) is 5.82 Å². The van der Waals surface area contributed by atoms with E-state index in [4.69, 9.17) is 4.74 Å². The van der Waals surface area contributed by atoms with E-state index in [0.717, 1.165) is 11.6 Å². The number of aromatic nitrogens is 3. The Hall–Kier alpha value is -1.11. The van der Waals surface area contributed by atoms with Crippen molar-refractivity contribution in [1.82, 2.24) is 15.2 Å². The first-order valence-corrected chi connectivity index (χ1v) is 6.04. The number of halogens is 1. The van der Waals surface area contributed by atoms with Gasteiger partial charge in [0.15, 0.2) is 11.9 Å². The first-order valence-electron chi connectivity index (χ1n) is 4.96. The molecule has 5 heteroatoms. The summed E-state index contributed by atoms with van der Waals surface area (Å²) in [7, 11) is 0. The van der Waals surface area contributed by atoms with Crippen LogP contribution in [0.1, 0.15) is 24.7 Å². The van der Waals surface area contributed by atoms with Crippen LogP contribution in [-0.4, -0.2) is 15.2 Å². The fraction of sp³-hybridized carbons (Fsp3) is 0.273. The van der Waals surface area contributed by atoms with Gasteiger partial charge in [-0.15, -0.1) is 0 Å². The highest BCUT2D eigenvalue weighted by atomic mass is 127. The molecule has 0 aliphatic carbocycles. The third-order valence-electron chi connectivity index (χ3n) is 2.10. The van der Waals surface area contributed by atoms with Crippen LogP contribution in [0.2, 0.25) is 0 Å². The summed E-state index contributed by atoms with van der Waals surface area (Å²) in [5, 5.41) is 6.87. The van der Waals surface area contributed by atoms with E-state index in [2.05, 4.69) is 37.8 Å². The fourth-order valence-electron chi connectivity index (χ4n) is 1.31. The molecule has 0 bridgehead atoms. The molecule has 1 heterocycles. The quantitative estimate of drug-likeness (QED) is 0.881. The number of H-pyrrole nitrogens is 1. The van der Waals surface area contributed by atoms with Crippen molar-refractivity contribution in [2.75, 3.05) is 0 Å². The molecule has 0 radical (unpaired) electrons. The minimum Gasteiger partial charge on any atom is -0.483 e. The van der Waals surface area contributed by atoms with Gasteiger partial charge in [0.25, 0.3) is 0 Å². The Balaban J connectivity index is 2.07. The Bertz CT molecular complexity index is 466. The Morgan fingerprint density at radius 1 is 1.31 bits per heavy atom. The van der Waals surface area contributed by atoms with Crippen molar-refractivity contribution in [2.45, 2.75) is 20.0 Å². The van der Waals surface area contributed by atoms with Crippen LogP contribution in [-0.2, 0) is 0 Å². The van der Waals surface area contributed by atoms with Gasteiger partial charge in [0.05, 0.1) is 0 Å². The largest absolute Gasteiger partial charge is 0.483 e. The maximum Gasteiger partial charge on any atom is 0.191 e. The predicted octanol–water partition coefficient (Wildman–Crippen LogP) is 2.86. The summed E-state index contributed by atoms with van der Waals surface area (Å²) < 4.78 is 6.91. The standard InChI is InChI=1S/C11H12IN3O/c1-7(11-13-8(2)14-15-11)16-10-5-3-9(12)4-6-10/h3-7H,1-2H3,(H,13,14,15). The smallest absolute Gasteiger partial charge is 0.191 e. The van der Waals surface area contributed by atoms with Crippen LogP contribution in [0.5, 0.6) is 5.75 Å². The van der Waals surface area contributed by atoms with Crippen LogP contribution in [0.4, 0.5) is 0 Å². The summed E-state index contributed by atoms with van der Waals surface area (Å²) in [5.74, 6) is 2.31. The topological polar surface area (TPSA) is 50.8 Å². The second kappa shape index (κ2) is 4.82. The second-order valence-corrected chi connectivity index (χ2v) is 4.74.